The van der Waals surface area contributed by atoms with Crippen LogP contribution >= 0.6 is 0 Å². The highest BCUT2D eigenvalue weighted by Crippen LogP contribution is 2.32. The third-order valence-electron chi connectivity index (χ3n) is 4.80. The average molecular weight is 418 g/mol. The Hall–Kier alpha value is -2.87. The fourth-order valence-corrected chi connectivity index (χ4v) is 3.17. The van der Waals surface area contributed by atoms with Gasteiger partial charge in [0.25, 0.3) is 0 Å². The molecule has 0 bridgehead atoms. The van der Waals surface area contributed by atoms with E-state index in [9.17, 15) is 14.4 Å². The fourth-order valence-electron chi connectivity index (χ4n) is 3.17. The molecule has 164 valence electrons. The minimum Gasteiger partial charge on any atom is -0.460 e. The second kappa shape index (κ2) is 10.8. The summed E-state index contributed by atoms with van der Waals surface area (Å²) in [5.74, 6) is -0.786. The number of benzene rings is 1. The number of rotatable bonds is 9. The number of ether oxygens (including phenoxy) is 2. The van der Waals surface area contributed by atoms with Crippen LogP contribution in [0.5, 0.6) is 0 Å². The Kier molecular flexibility index (Phi) is 8.41. The first-order chi connectivity index (χ1) is 14.3. The van der Waals surface area contributed by atoms with Crippen molar-refractivity contribution in [1.29, 1.82) is 0 Å². The first kappa shape index (κ1) is 23.4. The number of methoxy groups -OCH3 is 1. The summed E-state index contributed by atoms with van der Waals surface area (Å²) in [6, 6.07) is 6.16. The number of anilines is 1. The molecule has 0 fully saturated rings. The summed E-state index contributed by atoms with van der Waals surface area (Å²) in [5.41, 5.74) is 2.21. The predicted octanol–water partition coefficient (Wildman–Crippen LogP) is 3.22. The van der Waals surface area contributed by atoms with E-state index in [2.05, 4.69) is 10.6 Å². The summed E-state index contributed by atoms with van der Waals surface area (Å²) in [6.45, 7) is 8.22. The SMILES string of the molecule is CCCN1C(=O)NC(c2cccc(NC(=O)C(C)C)c2)C(C(=O)OCCOC)=C1C. The van der Waals surface area contributed by atoms with Crippen LogP contribution in [0.1, 0.15) is 45.7 Å². The number of carbonyl (C=O) groups is 3. The lowest BCUT2D eigenvalue weighted by atomic mass is 9.94. The van der Waals surface area contributed by atoms with Crippen LogP contribution in [0.4, 0.5) is 10.5 Å². The molecule has 1 aliphatic rings. The number of esters is 1. The highest BCUT2D eigenvalue weighted by molar-refractivity contribution is 5.95. The Balaban J connectivity index is 2.41. The van der Waals surface area contributed by atoms with Crippen molar-refractivity contribution >= 4 is 23.6 Å². The summed E-state index contributed by atoms with van der Waals surface area (Å²) in [4.78, 5) is 39.2. The van der Waals surface area contributed by atoms with Crippen LogP contribution in [0.2, 0.25) is 0 Å². The molecule has 30 heavy (non-hydrogen) atoms. The Labute approximate surface area is 177 Å². The third kappa shape index (κ3) is 5.60. The number of nitrogens with zero attached hydrogens (tertiary/aromatic N) is 1. The summed E-state index contributed by atoms with van der Waals surface area (Å²) < 4.78 is 10.3. The van der Waals surface area contributed by atoms with Crippen LogP contribution in [0, 0.1) is 5.92 Å². The van der Waals surface area contributed by atoms with Gasteiger partial charge < -0.3 is 20.1 Å². The molecule has 8 heteroatoms. The van der Waals surface area contributed by atoms with Crippen LogP contribution in [-0.4, -0.2) is 49.7 Å². The number of hydrogen-bond acceptors (Lipinski definition) is 5. The Morgan fingerprint density at radius 3 is 2.63 bits per heavy atom. The molecule has 2 N–H and O–H groups in total. The molecule has 1 aliphatic heterocycles. The number of nitrogens with one attached hydrogen (secondary N) is 2. The van der Waals surface area contributed by atoms with E-state index in [4.69, 9.17) is 9.47 Å². The van der Waals surface area contributed by atoms with E-state index >= 15 is 0 Å². The van der Waals surface area contributed by atoms with Crippen molar-refractivity contribution in [1.82, 2.24) is 10.2 Å². The molecule has 0 radical (unpaired) electrons. The van der Waals surface area contributed by atoms with Gasteiger partial charge in [0.1, 0.15) is 6.61 Å². The first-order valence-corrected chi connectivity index (χ1v) is 10.2. The van der Waals surface area contributed by atoms with Crippen LogP contribution in [0.25, 0.3) is 0 Å². The van der Waals surface area contributed by atoms with Crippen molar-refractivity contribution in [2.45, 2.75) is 40.2 Å². The topological polar surface area (TPSA) is 97.0 Å². The van der Waals surface area contributed by atoms with E-state index < -0.39 is 12.0 Å². The molecule has 2 rings (SSSR count). The smallest absolute Gasteiger partial charge is 0.338 e. The Morgan fingerprint density at radius 1 is 1.27 bits per heavy atom. The van der Waals surface area contributed by atoms with Crippen molar-refractivity contribution < 1.29 is 23.9 Å². The maximum absolute atomic E-state index is 12.9. The van der Waals surface area contributed by atoms with Crippen molar-refractivity contribution in [3.05, 3.63) is 41.1 Å². The largest absolute Gasteiger partial charge is 0.460 e. The van der Waals surface area contributed by atoms with Gasteiger partial charge in [0.2, 0.25) is 5.91 Å². The highest BCUT2D eigenvalue weighted by Gasteiger charge is 2.36. The molecule has 0 spiro atoms. The maximum atomic E-state index is 12.9. The highest BCUT2D eigenvalue weighted by atomic mass is 16.6. The molecule has 0 saturated carbocycles. The van der Waals surface area contributed by atoms with Gasteiger partial charge in [-0.15, -0.1) is 0 Å². The van der Waals surface area contributed by atoms with Crippen LogP contribution in [-0.2, 0) is 19.1 Å². The third-order valence-corrected chi connectivity index (χ3v) is 4.80. The monoisotopic (exact) mass is 417 g/mol. The van der Waals surface area contributed by atoms with Gasteiger partial charge in [-0.2, -0.15) is 0 Å². The summed E-state index contributed by atoms with van der Waals surface area (Å²) in [6.07, 6.45) is 0.748. The van der Waals surface area contributed by atoms with Crippen molar-refractivity contribution in [2.24, 2.45) is 5.92 Å². The predicted molar refractivity (Wildman–Crippen MR) is 114 cm³/mol. The van der Waals surface area contributed by atoms with E-state index in [0.29, 0.717) is 29.1 Å². The van der Waals surface area contributed by atoms with Crippen LogP contribution in [0.15, 0.2) is 35.5 Å². The molecule has 0 aromatic heterocycles. The lowest BCUT2D eigenvalue weighted by Crippen LogP contribution is -2.48. The molecular weight excluding hydrogens is 386 g/mol. The molecule has 1 aromatic rings. The second-order valence-electron chi connectivity index (χ2n) is 7.43. The minimum absolute atomic E-state index is 0.111. The average Bonchev–Trinajstić information content (AvgIpc) is 2.70. The van der Waals surface area contributed by atoms with Gasteiger partial charge in [-0.05, 0) is 31.0 Å². The standard InChI is InChI=1S/C22H31N3O5/c1-6-10-25-15(4)18(21(27)30-12-11-29-5)19(24-22(25)28)16-8-7-9-17(13-16)23-20(26)14(2)3/h7-9,13-14,19H,6,10-12H2,1-5H3,(H,23,26)(H,24,28). The molecule has 0 aliphatic carbocycles. The number of carbonyl (C=O) groups excluding carboxylic acids is 3. The lowest BCUT2D eigenvalue weighted by Gasteiger charge is -2.35. The molecule has 3 amide bonds. The summed E-state index contributed by atoms with van der Waals surface area (Å²) in [7, 11) is 1.53. The van der Waals surface area contributed by atoms with Crippen LogP contribution in [0.3, 0.4) is 0 Å². The van der Waals surface area contributed by atoms with Gasteiger partial charge in [0.05, 0.1) is 18.2 Å². The second-order valence-corrected chi connectivity index (χ2v) is 7.43. The van der Waals surface area contributed by atoms with Gasteiger partial charge in [-0.3, -0.25) is 9.69 Å². The molecular formula is C22H31N3O5. The van der Waals surface area contributed by atoms with Gasteiger partial charge in [-0.1, -0.05) is 32.9 Å². The van der Waals surface area contributed by atoms with Gasteiger partial charge >= 0.3 is 12.0 Å². The molecule has 1 aromatic carbocycles. The normalized spacial score (nSPS) is 16.5. The number of amides is 3. The Bertz CT molecular complexity index is 819. The van der Waals surface area contributed by atoms with E-state index in [1.54, 1.807) is 36.1 Å². The van der Waals surface area contributed by atoms with E-state index in [1.807, 2.05) is 20.8 Å². The molecule has 1 unspecified atom stereocenters. The zero-order chi connectivity index (χ0) is 22.3. The van der Waals surface area contributed by atoms with E-state index in [0.717, 1.165) is 6.42 Å². The van der Waals surface area contributed by atoms with E-state index in [-0.39, 0.29) is 31.1 Å². The first-order valence-electron chi connectivity index (χ1n) is 10.2. The molecule has 8 nitrogen and oxygen atoms in total. The fraction of sp³-hybridized carbons (Fsp3) is 0.500. The molecule has 1 heterocycles. The zero-order valence-electron chi connectivity index (χ0n) is 18.3. The maximum Gasteiger partial charge on any atom is 0.338 e. The number of hydrogen-bond donors (Lipinski definition) is 2. The Morgan fingerprint density at radius 2 is 2.00 bits per heavy atom. The van der Waals surface area contributed by atoms with E-state index in [1.165, 1.54) is 7.11 Å². The van der Waals surface area contributed by atoms with Gasteiger partial charge in [0, 0.05) is 31.0 Å². The summed E-state index contributed by atoms with van der Waals surface area (Å²) >= 11 is 0. The summed E-state index contributed by atoms with van der Waals surface area (Å²) in [5, 5.41) is 5.75. The minimum atomic E-state index is -0.684. The lowest BCUT2D eigenvalue weighted by molar-refractivity contribution is -0.141. The number of urea groups is 1. The molecule has 0 saturated heterocycles. The van der Waals surface area contributed by atoms with Gasteiger partial charge in [0.15, 0.2) is 0 Å². The van der Waals surface area contributed by atoms with Crippen molar-refractivity contribution in [3.63, 3.8) is 0 Å². The quantitative estimate of drug-likeness (QED) is 0.475. The van der Waals surface area contributed by atoms with Crippen molar-refractivity contribution in [2.75, 3.05) is 32.2 Å². The molecule has 1 atom stereocenters. The zero-order valence-corrected chi connectivity index (χ0v) is 18.3. The van der Waals surface area contributed by atoms with Crippen LogP contribution < -0.4 is 10.6 Å². The van der Waals surface area contributed by atoms with Gasteiger partial charge in [-0.25, -0.2) is 9.59 Å². The number of allylic oxidation sites excluding steroid dienone is 1. The van der Waals surface area contributed by atoms with Crippen molar-refractivity contribution in [3.8, 4) is 0 Å².